The third-order valence-electron chi connectivity index (χ3n) is 4.68. The molecule has 1 N–H and O–H groups in total. The average Bonchev–Trinajstić information content (AvgIpc) is 2.78. The molecule has 1 aliphatic heterocycles. The van der Waals surface area contributed by atoms with Crippen LogP contribution in [0.1, 0.15) is 15.9 Å². The fourth-order valence-corrected chi connectivity index (χ4v) is 4.21. The van der Waals surface area contributed by atoms with Gasteiger partial charge in [0.15, 0.2) is 6.61 Å². The topological polar surface area (TPSA) is 111 Å². The zero-order valence-electron chi connectivity index (χ0n) is 17.3. The second-order valence-electron chi connectivity index (χ2n) is 6.91. The predicted molar refractivity (Wildman–Crippen MR) is 113 cm³/mol. The van der Waals surface area contributed by atoms with Crippen LogP contribution in [-0.4, -0.2) is 65.2 Å². The molecule has 2 aromatic carbocycles. The molecule has 0 saturated carbocycles. The van der Waals surface area contributed by atoms with E-state index in [9.17, 15) is 18.0 Å². The number of amides is 1. The van der Waals surface area contributed by atoms with Crippen molar-refractivity contribution >= 4 is 27.6 Å². The van der Waals surface area contributed by atoms with Crippen molar-refractivity contribution in [2.24, 2.45) is 0 Å². The summed E-state index contributed by atoms with van der Waals surface area (Å²) < 4.78 is 43.7. The molecule has 1 fully saturated rings. The molecular weight excluding hydrogens is 424 g/mol. The van der Waals surface area contributed by atoms with Gasteiger partial charge in [-0.1, -0.05) is 17.7 Å². The summed E-state index contributed by atoms with van der Waals surface area (Å²) in [6.45, 7) is 3.20. The van der Waals surface area contributed by atoms with E-state index in [1.54, 1.807) is 29.2 Å². The summed E-state index contributed by atoms with van der Waals surface area (Å²) >= 11 is 0. The number of ether oxygens (including phenoxy) is 3. The van der Waals surface area contributed by atoms with Gasteiger partial charge in [-0.25, -0.2) is 13.2 Å². The first-order valence-corrected chi connectivity index (χ1v) is 11.1. The van der Waals surface area contributed by atoms with E-state index in [1.807, 2.05) is 6.92 Å². The van der Waals surface area contributed by atoms with Crippen LogP contribution in [0.4, 0.5) is 5.69 Å². The molecule has 0 radical (unpaired) electrons. The highest BCUT2D eigenvalue weighted by Gasteiger charge is 2.24. The molecule has 0 unspecified atom stereocenters. The molecule has 2 aromatic rings. The SMILES string of the molecule is COc1ccc(C(=O)OCC(=O)N2CCOCC2)cc1S(=O)(=O)Nc1ccc(C)cc1. The van der Waals surface area contributed by atoms with Crippen LogP contribution in [0.25, 0.3) is 0 Å². The lowest BCUT2D eigenvalue weighted by Crippen LogP contribution is -2.42. The molecule has 9 nitrogen and oxygen atoms in total. The molecule has 0 aromatic heterocycles. The number of esters is 1. The minimum atomic E-state index is -4.05. The third kappa shape index (κ3) is 5.74. The maximum absolute atomic E-state index is 12.9. The highest BCUT2D eigenvalue weighted by atomic mass is 32.2. The van der Waals surface area contributed by atoms with E-state index < -0.39 is 22.6 Å². The number of methoxy groups -OCH3 is 1. The molecule has 1 amide bonds. The van der Waals surface area contributed by atoms with Gasteiger partial charge in [-0.3, -0.25) is 9.52 Å². The minimum absolute atomic E-state index is 0.0140. The van der Waals surface area contributed by atoms with Gasteiger partial charge >= 0.3 is 5.97 Å². The third-order valence-corrected chi connectivity index (χ3v) is 6.09. The first-order chi connectivity index (χ1) is 14.8. The molecule has 0 bridgehead atoms. The Morgan fingerprint density at radius 1 is 1.10 bits per heavy atom. The summed E-state index contributed by atoms with van der Waals surface area (Å²) in [6, 6.07) is 10.7. The minimum Gasteiger partial charge on any atom is -0.495 e. The number of rotatable bonds is 7. The lowest BCUT2D eigenvalue weighted by atomic mass is 10.2. The summed E-state index contributed by atoms with van der Waals surface area (Å²) in [5, 5.41) is 0. The number of sulfonamides is 1. The number of carbonyl (C=O) groups is 2. The fraction of sp³-hybridized carbons (Fsp3) is 0.333. The van der Waals surface area contributed by atoms with Gasteiger partial charge in [0, 0.05) is 18.8 Å². The Bertz CT molecular complexity index is 1050. The Hall–Kier alpha value is -3.11. The van der Waals surface area contributed by atoms with Crippen LogP contribution in [0.2, 0.25) is 0 Å². The standard InChI is InChI=1S/C21H24N2O7S/c1-15-3-6-17(7-4-15)22-31(26,27)19-13-16(5-8-18(19)28-2)21(25)30-14-20(24)23-9-11-29-12-10-23/h3-8,13,22H,9-12,14H2,1-2H3. The van der Waals surface area contributed by atoms with Crippen molar-refractivity contribution in [3.63, 3.8) is 0 Å². The molecule has 1 heterocycles. The number of hydrogen-bond acceptors (Lipinski definition) is 7. The Labute approximate surface area is 181 Å². The number of morpholine rings is 1. The first-order valence-electron chi connectivity index (χ1n) is 9.60. The number of nitrogens with one attached hydrogen (secondary N) is 1. The number of aryl methyl sites for hydroxylation is 1. The molecule has 0 spiro atoms. The highest BCUT2D eigenvalue weighted by molar-refractivity contribution is 7.92. The number of anilines is 1. The second-order valence-corrected chi connectivity index (χ2v) is 8.56. The van der Waals surface area contributed by atoms with Crippen molar-refractivity contribution in [2.45, 2.75) is 11.8 Å². The van der Waals surface area contributed by atoms with E-state index >= 15 is 0 Å². The molecular formula is C21H24N2O7S. The molecule has 1 aliphatic rings. The zero-order valence-corrected chi connectivity index (χ0v) is 18.1. The Balaban J connectivity index is 1.75. The Morgan fingerprint density at radius 3 is 2.42 bits per heavy atom. The van der Waals surface area contributed by atoms with Gasteiger partial charge in [0.05, 0.1) is 25.9 Å². The molecule has 0 aliphatic carbocycles. The largest absolute Gasteiger partial charge is 0.495 e. The highest BCUT2D eigenvalue weighted by Crippen LogP contribution is 2.27. The van der Waals surface area contributed by atoms with Gasteiger partial charge in [-0.15, -0.1) is 0 Å². The van der Waals surface area contributed by atoms with E-state index in [0.29, 0.717) is 32.0 Å². The van der Waals surface area contributed by atoms with Gasteiger partial charge in [0.25, 0.3) is 15.9 Å². The molecule has 3 rings (SSSR count). The van der Waals surface area contributed by atoms with Gasteiger partial charge < -0.3 is 19.1 Å². The predicted octanol–water partition coefficient (Wildman–Crippen LogP) is 1.82. The smallest absolute Gasteiger partial charge is 0.338 e. The van der Waals surface area contributed by atoms with Gasteiger partial charge in [0.2, 0.25) is 0 Å². The van der Waals surface area contributed by atoms with Gasteiger partial charge in [0.1, 0.15) is 10.6 Å². The van der Waals surface area contributed by atoms with Crippen LogP contribution >= 0.6 is 0 Å². The molecule has 31 heavy (non-hydrogen) atoms. The lowest BCUT2D eigenvalue weighted by molar-refractivity contribution is -0.138. The van der Waals surface area contributed by atoms with E-state index in [1.165, 1.54) is 19.2 Å². The van der Waals surface area contributed by atoms with Crippen molar-refractivity contribution in [3.05, 3.63) is 53.6 Å². The summed E-state index contributed by atoms with van der Waals surface area (Å²) in [4.78, 5) is 25.9. The van der Waals surface area contributed by atoms with Gasteiger partial charge in [-0.2, -0.15) is 0 Å². The van der Waals surface area contributed by atoms with Crippen LogP contribution in [0, 0.1) is 6.92 Å². The Kier molecular flexibility index (Phi) is 7.13. The number of hydrogen-bond donors (Lipinski definition) is 1. The summed E-state index contributed by atoms with van der Waals surface area (Å²) in [7, 11) is -2.71. The van der Waals surface area contributed by atoms with Crippen LogP contribution < -0.4 is 9.46 Å². The van der Waals surface area contributed by atoms with Crippen LogP contribution in [-0.2, 0) is 24.3 Å². The van der Waals surface area contributed by atoms with E-state index in [0.717, 1.165) is 11.6 Å². The molecule has 0 atom stereocenters. The van der Waals surface area contributed by atoms with Crippen LogP contribution in [0.5, 0.6) is 5.75 Å². The van der Waals surface area contributed by atoms with Crippen molar-refractivity contribution in [1.29, 1.82) is 0 Å². The number of nitrogens with zero attached hydrogens (tertiary/aromatic N) is 1. The second kappa shape index (κ2) is 9.80. The number of carbonyl (C=O) groups excluding carboxylic acids is 2. The van der Waals surface area contributed by atoms with Crippen LogP contribution in [0.3, 0.4) is 0 Å². The van der Waals surface area contributed by atoms with Crippen LogP contribution in [0.15, 0.2) is 47.4 Å². The van der Waals surface area contributed by atoms with E-state index in [2.05, 4.69) is 4.72 Å². The monoisotopic (exact) mass is 448 g/mol. The van der Waals surface area contributed by atoms with E-state index in [-0.39, 0.29) is 22.1 Å². The van der Waals surface area contributed by atoms with Crippen molar-refractivity contribution in [2.75, 3.05) is 44.7 Å². The fourth-order valence-electron chi connectivity index (χ4n) is 2.96. The average molecular weight is 448 g/mol. The molecule has 1 saturated heterocycles. The molecule has 10 heteroatoms. The summed E-state index contributed by atoms with van der Waals surface area (Å²) in [5.41, 5.74) is 1.34. The van der Waals surface area contributed by atoms with Gasteiger partial charge in [-0.05, 0) is 37.3 Å². The van der Waals surface area contributed by atoms with Crippen molar-refractivity contribution in [1.82, 2.24) is 4.90 Å². The lowest BCUT2D eigenvalue weighted by Gasteiger charge is -2.26. The molecule has 166 valence electrons. The zero-order chi connectivity index (χ0) is 22.4. The number of benzene rings is 2. The first kappa shape index (κ1) is 22.6. The maximum Gasteiger partial charge on any atom is 0.338 e. The summed E-state index contributed by atoms with van der Waals surface area (Å²) in [6.07, 6.45) is 0. The van der Waals surface area contributed by atoms with E-state index in [4.69, 9.17) is 14.2 Å². The normalized spacial score (nSPS) is 14.1. The quantitative estimate of drug-likeness (QED) is 0.643. The van der Waals surface area contributed by atoms with Crippen molar-refractivity contribution < 1.29 is 32.2 Å². The van der Waals surface area contributed by atoms with Crippen molar-refractivity contribution in [3.8, 4) is 5.75 Å². The summed E-state index contributed by atoms with van der Waals surface area (Å²) in [5.74, 6) is -1.07. The maximum atomic E-state index is 12.9. The Morgan fingerprint density at radius 2 is 1.77 bits per heavy atom.